The zero-order valence-electron chi connectivity index (χ0n) is 22.0. The van der Waals surface area contributed by atoms with Crippen molar-refractivity contribution in [3.8, 4) is 5.75 Å². The van der Waals surface area contributed by atoms with Gasteiger partial charge in [-0.1, -0.05) is 54.1 Å². The van der Waals surface area contributed by atoms with Crippen molar-refractivity contribution in [3.63, 3.8) is 0 Å². The molecule has 1 aliphatic heterocycles. The van der Waals surface area contributed by atoms with E-state index in [2.05, 4.69) is 0 Å². The van der Waals surface area contributed by atoms with Crippen molar-refractivity contribution in [3.05, 3.63) is 106 Å². The third-order valence-corrected chi connectivity index (χ3v) is 7.66. The number of carbonyl (C=O) groups is 1. The number of aromatic nitrogens is 1. The Balaban J connectivity index is 1.20. The molecular formula is C33H30ClNO5. The number of carboxylic acids is 1. The average Bonchev–Trinajstić information content (AvgIpc) is 3.68. The third-order valence-electron chi connectivity index (χ3n) is 7.42. The molecule has 0 amide bonds. The maximum Gasteiger partial charge on any atom is 0.336 e. The van der Waals surface area contributed by atoms with Crippen LogP contribution in [0.25, 0.3) is 23.1 Å². The molecule has 6 nitrogen and oxygen atoms in total. The Kier molecular flexibility index (Phi) is 7.57. The van der Waals surface area contributed by atoms with Gasteiger partial charge < -0.3 is 19.3 Å². The lowest BCUT2D eigenvalue weighted by Gasteiger charge is -2.28. The van der Waals surface area contributed by atoms with E-state index in [9.17, 15) is 9.90 Å². The maximum atomic E-state index is 12.1. The van der Waals surface area contributed by atoms with Crippen LogP contribution in [0.4, 0.5) is 0 Å². The number of nitrogens with zero attached hydrogens (tertiary/aromatic N) is 1. The van der Waals surface area contributed by atoms with E-state index in [4.69, 9.17) is 30.8 Å². The summed E-state index contributed by atoms with van der Waals surface area (Å²) in [6, 6.07) is 23.0. The van der Waals surface area contributed by atoms with Gasteiger partial charge in [-0.2, -0.15) is 0 Å². The van der Waals surface area contributed by atoms with Gasteiger partial charge in [0, 0.05) is 22.4 Å². The molecule has 40 heavy (non-hydrogen) atoms. The smallest absolute Gasteiger partial charge is 0.336 e. The van der Waals surface area contributed by atoms with Crippen molar-refractivity contribution in [2.24, 2.45) is 5.92 Å². The molecule has 2 heterocycles. The topological polar surface area (TPSA) is 77.9 Å². The number of benzene rings is 3. The standard InChI is InChI=1S/C33H30ClNO5/c34-27-10-7-25-8-12-28(35-31(25)19-27)11-6-22-2-1-3-26(18-22)33(39-16-17-40-33)15-14-24-9-13-29(20-30(24)32(36)37)38-21-23-4-5-23/h1-3,6-13,18-20,23H,4-5,14-17,21H2,(H,36,37)/b11-6+. The number of hydrogen-bond acceptors (Lipinski definition) is 5. The van der Waals surface area contributed by atoms with Crippen LogP contribution in [0.3, 0.4) is 0 Å². The molecule has 0 radical (unpaired) electrons. The third kappa shape index (κ3) is 6.04. The van der Waals surface area contributed by atoms with Gasteiger partial charge in [-0.05, 0) is 78.8 Å². The monoisotopic (exact) mass is 555 g/mol. The van der Waals surface area contributed by atoms with E-state index in [0.717, 1.165) is 33.3 Å². The molecule has 2 fully saturated rings. The molecule has 7 heteroatoms. The SMILES string of the molecule is O=C(O)c1cc(OCC2CC2)ccc1CCC1(c2cccc(/C=C/c3ccc4ccc(Cl)cc4n3)c2)OCCO1. The Morgan fingerprint density at radius 2 is 1.85 bits per heavy atom. The molecule has 4 aromatic rings. The van der Waals surface area contributed by atoms with E-state index in [1.54, 1.807) is 6.07 Å². The molecule has 0 atom stereocenters. The highest BCUT2D eigenvalue weighted by Crippen LogP contribution is 2.37. The first-order valence-corrected chi connectivity index (χ1v) is 14.0. The van der Waals surface area contributed by atoms with Crippen LogP contribution < -0.4 is 4.74 Å². The highest BCUT2D eigenvalue weighted by Gasteiger charge is 2.38. The fourth-order valence-electron chi connectivity index (χ4n) is 5.03. The quantitative estimate of drug-likeness (QED) is 0.220. The molecule has 0 bridgehead atoms. The number of hydrogen-bond donors (Lipinski definition) is 1. The van der Waals surface area contributed by atoms with Crippen molar-refractivity contribution in [1.82, 2.24) is 4.98 Å². The van der Waals surface area contributed by atoms with Crippen molar-refractivity contribution < 1.29 is 24.1 Å². The van der Waals surface area contributed by atoms with E-state index in [-0.39, 0.29) is 5.56 Å². The van der Waals surface area contributed by atoms with Crippen LogP contribution in [0.1, 0.15) is 52.0 Å². The number of aryl methyl sites for hydroxylation is 1. The van der Waals surface area contributed by atoms with Gasteiger partial charge in [0.2, 0.25) is 0 Å². The first-order valence-electron chi connectivity index (χ1n) is 13.6. The van der Waals surface area contributed by atoms with Gasteiger partial charge in [0.15, 0.2) is 5.79 Å². The second-order valence-corrected chi connectivity index (χ2v) is 10.8. The van der Waals surface area contributed by atoms with Gasteiger partial charge in [0.05, 0.1) is 36.6 Å². The zero-order chi connectivity index (χ0) is 27.5. The fourth-order valence-corrected chi connectivity index (χ4v) is 5.20. The zero-order valence-corrected chi connectivity index (χ0v) is 22.8. The molecule has 3 aromatic carbocycles. The minimum Gasteiger partial charge on any atom is -0.493 e. The van der Waals surface area contributed by atoms with Crippen LogP contribution in [0.2, 0.25) is 5.02 Å². The summed E-state index contributed by atoms with van der Waals surface area (Å²) in [6.07, 6.45) is 7.29. The number of ether oxygens (including phenoxy) is 3. The number of rotatable bonds is 10. The lowest BCUT2D eigenvalue weighted by molar-refractivity contribution is -0.170. The van der Waals surface area contributed by atoms with Crippen molar-refractivity contribution >= 4 is 40.6 Å². The second-order valence-electron chi connectivity index (χ2n) is 10.4. The summed E-state index contributed by atoms with van der Waals surface area (Å²) in [5, 5.41) is 11.6. The predicted octanol–water partition coefficient (Wildman–Crippen LogP) is 7.38. The van der Waals surface area contributed by atoms with Crippen LogP contribution in [0.5, 0.6) is 5.75 Å². The van der Waals surface area contributed by atoms with Gasteiger partial charge >= 0.3 is 5.97 Å². The van der Waals surface area contributed by atoms with E-state index < -0.39 is 11.8 Å². The highest BCUT2D eigenvalue weighted by atomic mass is 35.5. The van der Waals surface area contributed by atoms with Crippen molar-refractivity contribution in [1.29, 1.82) is 0 Å². The first kappa shape index (κ1) is 26.5. The van der Waals surface area contributed by atoms with Gasteiger partial charge in [0.1, 0.15) is 5.75 Å². The maximum absolute atomic E-state index is 12.1. The van der Waals surface area contributed by atoms with Crippen molar-refractivity contribution in [2.75, 3.05) is 19.8 Å². The lowest BCUT2D eigenvalue weighted by atomic mass is 9.94. The minimum atomic E-state index is -0.967. The number of aromatic carboxylic acids is 1. The molecule has 1 N–H and O–H groups in total. The van der Waals surface area contributed by atoms with E-state index in [1.807, 2.05) is 78.9 Å². The molecule has 1 saturated heterocycles. The molecule has 1 aromatic heterocycles. The van der Waals surface area contributed by atoms with Crippen LogP contribution in [-0.4, -0.2) is 35.9 Å². The molecule has 2 aliphatic rings. The highest BCUT2D eigenvalue weighted by molar-refractivity contribution is 6.31. The molecule has 1 aliphatic carbocycles. The van der Waals surface area contributed by atoms with Gasteiger partial charge in [-0.15, -0.1) is 0 Å². The Morgan fingerprint density at radius 3 is 2.65 bits per heavy atom. The number of halogens is 1. The summed E-state index contributed by atoms with van der Waals surface area (Å²) in [6.45, 7) is 1.59. The number of pyridine rings is 1. The molecular weight excluding hydrogens is 526 g/mol. The molecule has 0 unspecified atom stereocenters. The fraction of sp³-hybridized carbons (Fsp3) is 0.273. The predicted molar refractivity (Wildman–Crippen MR) is 156 cm³/mol. The largest absolute Gasteiger partial charge is 0.493 e. The lowest BCUT2D eigenvalue weighted by Crippen LogP contribution is -2.28. The van der Waals surface area contributed by atoms with Crippen LogP contribution in [0, 0.1) is 5.92 Å². The van der Waals surface area contributed by atoms with E-state index in [0.29, 0.717) is 49.4 Å². The van der Waals surface area contributed by atoms with Crippen molar-refractivity contribution in [2.45, 2.75) is 31.5 Å². The Morgan fingerprint density at radius 1 is 1.02 bits per heavy atom. The Hall–Kier alpha value is -3.71. The average molecular weight is 556 g/mol. The second kappa shape index (κ2) is 11.4. The van der Waals surface area contributed by atoms with E-state index >= 15 is 0 Å². The molecule has 0 spiro atoms. The Labute approximate surface area is 238 Å². The van der Waals surface area contributed by atoms with Crippen LogP contribution in [-0.2, 0) is 21.7 Å². The first-order chi connectivity index (χ1) is 19.5. The molecule has 204 valence electrons. The summed E-state index contributed by atoms with van der Waals surface area (Å²) >= 11 is 6.14. The molecule has 1 saturated carbocycles. The molecule has 6 rings (SSSR count). The van der Waals surface area contributed by atoms with Crippen LogP contribution in [0.15, 0.2) is 72.8 Å². The number of fused-ring (bicyclic) bond motifs is 1. The van der Waals surface area contributed by atoms with Crippen LogP contribution >= 0.6 is 11.6 Å². The van der Waals surface area contributed by atoms with Gasteiger partial charge in [0.25, 0.3) is 0 Å². The number of carboxylic acid groups (broad SMARTS) is 1. The summed E-state index contributed by atoms with van der Waals surface area (Å²) in [5.74, 6) is -0.720. The minimum absolute atomic E-state index is 0.252. The van der Waals surface area contributed by atoms with Gasteiger partial charge in [-0.3, -0.25) is 0 Å². The normalized spacial score (nSPS) is 16.5. The van der Waals surface area contributed by atoms with E-state index in [1.165, 1.54) is 12.8 Å². The Bertz CT molecular complexity index is 1570. The summed E-state index contributed by atoms with van der Waals surface area (Å²) in [4.78, 5) is 16.8. The summed E-state index contributed by atoms with van der Waals surface area (Å²) in [5.41, 5.74) is 4.52. The van der Waals surface area contributed by atoms with Gasteiger partial charge in [-0.25, -0.2) is 9.78 Å². The summed E-state index contributed by atoms with van der Waals surface area (Å²) in [7, 11) is 0. The summed E-state index contributed by atoms with van der Waals surface area (Å²) < 4.78 is 18.2.